The average molecular weight is 457 g/mol. The van der Waals surface area contributed by atoms with Gasteiger partial charge >= 0.3 is 0 Å². The summed E-state index contributed by atoms with van der Waals surface area (Å²) in [6.07, 6.45) is 7.03. The third-order valence-corrected chi connectivity index (χ3v) is 6.45. The molecular formula is C23H25ClN4O4. The van der Waals surface area contributed by atoms with Crippen molar-refractivity contribution in [1.29, 1.82) is 0 Å². The number of aliphatic hydroxyl groups excluding tert-OH is 1. The van der Waals surface area contributed by atoms with E-state index in [1.165, 1.54) is 12.8 Å². The Morgan fingerprint density at radius 3 is 2.84 bits per heavy atom. The summed E-state index contributed by atoms with van der Waals surface area (Å²) in [5.74, 6) is 0.515. The Balaban J connectivity index is 1.48. The zero-order valence-electron chi connectivity index (χ0n) is 17.7. The number of carbonyl (C=O) groups excluding carboxylic acids is 1. The van der Waals surface area contributed by atoms with Crippen molar-refractivity contribution < 1.29 is 19.4 Å². The van der Waals surface area contributed by atoms with Crippen LogP contribution < -0.4 is 15.4 Å². The SMILES string of the molecule is COCC1Nc2c(cnc3[nH]cc(C(O)c4ccc(OC5CCCC5)cc4Cl)c23)NC1=O. The predicted octanol–water partition coefficient (Wildman–Crippen LogP) is 4.00. The molecule has 1 fully saturated rings. The van der Waals surface area contributed by atoms with E-state index in [4.69, 9.17) is 21.1 Å². The van der Waals surface area contributed by atoms with Crippen LogP contribution in [0.3, 0.4) is 0 Å². The van der Waals surface area contributed by atoms with Crippen LogP contribution in [0.25, 0.3) is 11.0 Å². The molecule has 2 atom stereocenters. The molecule has 1 aliphatic carbocycles. The normalized spacial score (nSPS) is 19.5. The van der Waals surface area contributed by atoms with Gasteiger partial charge in [-0.2, -0.15) is 0 Å². The quantitative estimate of drug-likeness (QED) is 0.446. The van der Waals surface area contributed by atoms with Crippen molar-refractivity contribution in [2.24, 2.45) is 0 Å². The topological polar surface area (TPSA) is 108 Å². The van der Waals surface area contributed by atoms with Gasteiger partial charge in [-0.15, -0.1) is 0 Å². The molecule has 2 unspecified atom stereocenters. The van der Waals surface area contributed by atoms with Gasteiger partial charge in [0.25, 0.3) is 0 Å². The van der Waals surface area contributed by atoms with Crippen molar-refractivity contribution in [3.63, 3.8) is 0 Å². The molecule has 5 rings (SSSR count). The minimum Gasteiger partial charge on any atom is -0.490 e. The Kier molecular flexibility index (Phi) is 5.67. The van der Waals surface area contributed by atoms with Crippen LogP contribution in [-0.4, -0.2) is 46.8 Å². The highest BCUT2D eigenvalue weighted by Crippen LogP contribution is 2.40. The number of rotatable bonds is 6. The molecule has 2 aromatic heterocycles. The van der Waals surface area contributed by atoms with Crippen molar-refractivity contribution in [2.45, 2.75) is 43.9 Å². The summed E-state index contributed by atoms with van der Waals surface area (Å²) in [6.45, 7) is 0.214. The van der Waals surface area contributed by atoms with Crippen molar-refractivity contribution in [2.75, 3.05) is 24.4 Å². The van der Waals surface area contributed by atoms with Gasteiger partial charge in [0.2, 0.25) is 5.91 Å². The minimum absolute atomic E-state index is 0.195. The van der Waals surface area contributed by atoms with Gasteiger partial charge in [-0.05, 0) is 37.8 Å². The number of aromatic nitrogens is 2. The maximum absolute atomic E-state index is 12.3. The third-order valence-electron chi connectivity index (χ3n) is 6.12. The van der Waals surface area contributed by atoms with E-state index in [2.05, 4.69) is 20.6 Å². The number of halogens is 1. The molecule has 1 aromatic carbocycles. The molecule has 32 heavy (non-hydrogen) atoms. The monoisotopic (exact) mass is 456 g/mol. The minimum atomic E-state index is -0.995. The second-order valence-electron chi connectivity index (χ2n) is 8.27. The molecule has 0 bridgehead atoms. The molecule has 1 saturated carbocycles. The van der Waals surface area contributed by atoms with Crippen molar-refractivity contribution in [3.8, 4) is 5.75 Å². The van der Waals surface area contributed by atoms with Crippen LogP contribution in [0, 0.1) is 0 Å². The Morgan fingerprint density at radius 2 is 2.09 bits per heavy atom. The molecule has 2 aliphatic rings. The number of benzene rings is 1. The summed E-state index contributed by atoms with van der Waals surface area (Å²) < 4.78 is 11.2. The summed E-state index contributed by atoms with van der Waals surface area (Å²) in [7, 11) is 1.54. The lowest BCUT2D eigenvalue weighted by molar-refractivity contribution is -0.118. The smallest absolute Gasteiger partial charge is 0.249 e. The Labute approximate surface area is 190 Å². The number of ether oxygens (including phenoxy) is 2. The Morgan fingerprint density at radius 1 is 1.28 bits per heavy atom. The molecular weight excluding hydrogens is 432 g/mol. The number of carbonyl (C=O) groups is 1. The molecule has 0 radical (unpaired) electrons. The van der Waals surface area contributed by atoms with Crippen molar-refractivity contribution in [1.82, 2.24) is 9.97 Å². The number of anilines is 2. The number of methoxy groups -OCH3 is 1. The highest BCUT2D eigenvalue weighted by molar-refractivity contribution is 6.31. The standard InChI is InChI=1S/C23H25ClN4O4/c1-31-11-18-23(30)28-17-10-26-22-19(20(17)27-18)15(9-25-22)21(29)14-7-6-13(8-16(14)24)32-12-4-2-3-5-12/h6-10,12,18,21,27,29H,2-5,11H2,1H3,(H,25,26)(H,28,30). The van der Waals surface area contributed by atoms with Gasteiger partial charge in [0.15, 0.2) is 0 Å². The van der Waals surface area contributed by atoms with Gasteiger partial charge in [-0.3, -0.25) is 4.79 Å². The van der Waals surface area contributed by atoms with E-state index in [-0.39, 0.29) is 18.6 Å². The highest BCUT2D eigenvalue weighted by atomic mass is 35.5. The zero-order chi connectivity index (χ0) is 22.2. The fourth-order valence-corrected chi connectivity index (χ4v) is 4.77. The molecule has 3 heterocycles. The second-order valence-corrected chi connectivity index (χ2v) is 8.67. The summed E-state index contributed by atoms with van der Waals surface area (Å²) >= 11 is 6.55. The number of hydrogen-bond acceptors (Lipinski definition) is 6. The number of nitrogens with one attached hydrogen (secondary N) is 3. The number of nitrogens with zero attached hydrogens (tertiary/aromatic N) is 1. The number of pyridine rings is 1. The maximum atomic E-state index is 12.3. The predicted molar refractivity (Wildman–Crippen MR) is 122 cm³/mol. The van der Waals surface area contributed by atoms with Gasteiger partial charge in [0.05, 0.1) is 40.7 Å². The number of aromatic amines is 1. The Bertz CT molecular complexity index is 1160. The summed E-state index contributed by atoms with van der Waals surface area (Å²) in [6, 6.07) is 4.85. The van der Waals surface area contributed by atoms with Gasteiger partial charge in [-0.1, -0.05) is 17.7 Å². The van der Waals surface area contributed by atoms with Crippen LogP contribution in [0.4, 0.5) is 11.4 Å². The zero-order valence-corrected chi connectivity index (χ0v) is 18.4. The Hall–Kier alpha value is -2.81. The van der Waals surface area contributed by atoms with Gasteiger partial charge < -0.3 is 30.2 Å². The molecule has 3 aromatic rings. The number of fused-ring (bicyclic) bond motifs is 3. The second kappa shape index (κ2) is 8.61. The highest BCUT2D eigenvalue weighted by Gasteiger charge is 2.30. The largest absolute Gasteiger partial charge is 0.490 e. The van der Waals surface area contributed by atoms with Crippen LogP contribution in [-0.2, 0) is 9.53 Å². The van der Waals surface area contributed by atoms with Gasteiger partial charge in [-0.25, -0.2) is 4.98 Å². The summed E-state index contributed by atoms with van der Waals surface area (Å²) in [5.41, 5.74) is 3.00. The number of amides is 1. The first-order chi connectivity index (χ1) is 15.5. The van der Waals surface area contributed by atoms with E-state index in [0.29, 0.717) is 44.3 Å². The molecule has 9 heteroatoms. The van der Waals surface area contributed by atoms with Crippen LogP contribution in [0.1, 0.15) is 42.9 Å². The van der Waals surface area contributed by atoms with E-state index in [1.807, 2.05) is 6.07 Å². The van der Waals surface area contributed by atoms with E-state index in [1.54, 1.807) is 31.6 Å². The first-order valence-electron chi connectivity index (χ1n) is 10.8. The molecule has 4 N–H and O–H groups in total. The summed E-state index contributed by atoms with van der Waals surface area (Å²) in [5, 5.41) is 18.4. The lowest BCUT2D eigenvalue weighted by Gasteiger charge is -2.27. The molecule has 168 valence electrons. The van der Waals surface area contributed by atoms with E-state index in [0.717, 1.165) is 12.8 Å². The maximum Gasteiger partial charge on any atom is 0.249 e. The molecule has 8 nitrogen and oxygen atoms in total. The fourth-order valence-electron chi connectivity index (χ4n) is 4.49. The number of hydrogen-bond donors (Lipinski definition) is 4. The third kappa shape index (κ3) is 3.79. The molecule has 1 amide bonds. The van der Waals surface area contributed by atoms with Crippen LogP contribution >= 0.6 is 11.6 Å². The van der Waals surface area contributed by atoms with E-state index in [9.17, 15) is 9.90 Å². The number of H-pyrrole nitrogens is 1. The molecule has 0 spiro atoms. The first kappa shape index (κ1) is 21.1. The van der Waals surface area contributed by atoms with Gasteiger partial charge in [0.1, 0.15) is 23.5 Å². The lowest BCUT2D eigenvalue weighted by Crippen LogP contribution is -2.42. The van der Waals surface area contributed by atoms with E-state index >= 15 is 0 Å². The molecule has 0 saturated heterocycles. The van der Waals surface area contributed by atoms with Crippen molar-refractivity contribution >= 4 is 39.9 Å². The van der Waals surface area contributed by atoms with Crippen molar-refractivity contribution in [3.05, 3.63) is 46.7 Å². The van der Waals surface area contributed by atoms with Crippen LogP contribution in [0.15, 0.2) is 30.6 Å². The number of aliphatic hydroxyl groups is 1. The van der Waals surface area contributed by atoms with E-state index < -0.39 is 12.1 Å². The molecule has 1 aliphatic heterocycles. The summed E-state index contributed by atoms with van der Waals surface area (Å²) in [4.78, 5) is 19.8. The first-order valence-corrected chi connectivity index (χ1v) is 11.1. The van der Waals surface area contributed by atoms with Crippen LogP contribution in [0.2, 0.25) is 5.02 Å². The van der Waals surface area contributed by atoms with Gasteiger partial charge in [0, 0.05) is 24.4 Å². The average Bonchev–Trinajstić information content (AvgIpc) is 3.44. The lowest BCUT2D eigenvalue weighted by atomic mass is 9.99. The fraction of sp³-hybridized carbons (Fsp3) is 0.391. The van der Waals surface area contributed by atoms with Crippen LogP contribution in [0.5, 0.6) is 5.75 Å².